The van der Waals surface area contributed by atoms with Crippen LogP contribution in [0.3, 0.4) is 0 Å². The van der Waals surface area contributed by atoms with Crippen LogP contribution in [0, 0.1) is 0 Å². The average Bonchev–Trinajstić information content (AvgIpc) is 2.06. The molecule has 0 aromatic rings. The quantitative estimate of drug-likeness (QED) is 0.266. The van der Waals surface area contributed by atoms with Crippen molar-refractivity contribution in [2.45, 2.75) is 6.92 Å². The normalized spacial score (nSPS) is 12.4. The van der Waals surface area contributed by atoms with Crippen LogP contribution in [0.4, 0.5) is 0 Å². The Balaban J connectivity index is 4.81. The molecule has 12 heavy (non-hydrogen) atoms. The first kappa shape index (κ1) is 11.9. The molecule has 0 saturated carbocycles. The van der Waals surface area contributed by atoms with Gasteiger partial charge in [-0.2, -0.15) is 0 Å². The Morgan fingerprint density at radius 2 is 2.08 bits per heavy atom. The fraction of sp³-hybridized carbons (Fsp3) is 0.200. The number of hydrogen-bond donors (Lipinski definition) is 1. The fourth-order valence-corrected chi connectivity index (χ4v) is 1.12. The van der Waals surface area contributed by atoms with Crippen LogP contribution in [0.2, 0.25) is 0 Å². The molecule has 0 atom stereocenters. The second-order valence-corrected chi connectivity index (χ2v) is 2.85. The molecule has 0 aromatic carbocycles. The molecule has 7 heteroatoms. The van der Waals surface area contributed by atoms with Crippen LogP contribution >= 0.6 is 0 Å². The summed E-state index contributed by atoms with van der Waals surface area (Å²) in [5, 5.41) is 12.5. The minimum atomic E-state index is -0.465. The number of amides is 1. The van der Waals surface area contributed by atoms with E-state index in [4.69, 9.17) is 5.11 Å². The molecule has 0 rings (SSSR count). The van der Waals surface area contributed by atoms with E-state index in [1.54, 1.807) is 6.92 Å². The monoisotopic (exact) mass is 507 g/mol. The van der Waals surface area contributed by atoms with E-state index in [0.717, 1.165) is 39.3 Å². The van der Waals surface area contributed by atoms with E-state index in [1.165, 1.54) is 6.08 Å². The summed E-state index contributed by atoms with van der Waals surface area (Å²) in [4.78, 5) is 11.0. The predicted octanol–water partition coefficient (Wildman–Crippen LogP) is 0.792. The molecule has 0 fully saturated rings. The van der Waals surface area contributed by atoms with Crippen LogP contribution in [0.5, 0.6) is 0 Å². The summed E-state index contributed by atoms with van der Waals surface area (Å²) in [6.07, 6.45) is 1.45. The predicted molar refractivity (Wildman–Crippen MR) is 33.7 cm³/mol. The number of carbonyl (C=O) groups is 1. The minimum absolute atomic E-state index is 0.0926. The summed E-state index contributed by atoms with van der Waals surface area (Å²) in [5.74, 6) is -0.838. The van der Waals surface area contributed by atoms with Gasteiger partial charge in [0.25, 0.3) is 0 Å². The van der Waals surface area contributed by atoms with Gasteiger partial charge in [0.05, 0.1) is 0 Å². The topological polar surface area (TPSA) is 74.4 Å². The molecular formula is C5H5N3O2W2. The molecule has 64 valence electrons. The molecule has 0 heterocycles. The van der Waals surface area contributed by atoms with Crippen molar-refractivity contribution in [2.24, 2.45) is 12.2 Å². The van der Waals surface area contributed by atoms with Crippen molar-refractivity contribution in [1.82, 2.24) is 0 Å². The summed E-state index contributed by atoms with van der Waals surface area (Å²) in [7, 11) is 0. The van der Waals surface area contributed by atoms with Crippen molar-refractivity contribution in [1.29, 1.82) is 0 Å². The molecule has 1 N–H and O–H groups in total. The molecule has 0 unspecified atom stereocenters. The number of allylic oxidation sites excluding steroid dienone is 1. The summed E-state index contributed by atoms with van der Waals surface area (Å²) < 4.78 is 6.88. The number of nitrogens with zero attached hydrogens (tertiary/aromatic N) is 3. The summed E-state index contributed by atoms with van der Waals surface area (Å²) in [5.41, 5.74) is 0.0926. The van der Waals surface area contributed by atoms with E-state index >= 15 is 0 Å². The second-order valence-electron chi connectivity index (χ2n) is 1.60. The van der Waals surface area contributed by atoms with Gasteiger partial charge >= 0.3 is 91.7 Å². The zero-order valence-corrected chi connectivity index (χ0v) is 12.0. The van der Waals surface area contributed by atoms with Crippen molar-refractivity contribution >= 4 is 11.8 Å². The Kier molecular flexibility index (Phi) is 6.30. The number of hydrogen-bond acceptors (Lipinski definition) is 3. The molecule has 0 radical (unpaired) electrons. The van der Waals surface area contributed by atoms with Crippen LogP contribution in [0.1, 0.15) is 6.92 Å². The van der Waals surface area contributed by atoms with Crippen LogP contribution in [-0.2, 0) is 44.1 Å². The Labute approximate surface area is 91.4 Å². The number of aliphatic hydroxyl groups is 1. The van der Waals surface area contributed by atoms with Crippen LogP contribution in [-0.4, -0.2) is 16.9 Å². The first-order valence-corrected chi connectivity index (χ1v) is 5.43. The average molecular weight is 507 g/mol. The second kappa shape index (κ2) is 6.38. The fourth-order valence-electron chi connectivity index (χ4n) is 0.490. The van der Waals surface area contributed by atoms with E-state index < -0.39 is 5.91 Å². The van der Waals surface area contributed by atoms with Gasteiger partial charge in [-0.15, -0.1) is 0 Å². The third-order valence-electron chi connectivity index (χ3n) is 0.978. The molecule has 1 amide bonds. The molecule has 0 aliphatic heterocycles. The Bertz CT molecular complexity index is 272. The maximum atomic E-state index is 11.0. The summed E-state index contributed by atoms with van der Waals surface area (Å²) >= 11 is 1.65. The molecule has 0 aliphatic carbocycles. The Morgan fingerprint density at radius 1 is 1.50 bits per heavy atom. The van der Waals surface area contributed by atoms with Crippen molar-refractivity contribution in [3.63, 3.8) is 0 Å². The van der Waals surface area contributed by atoms with Crippen LogP contribution < -0.4 is 0 Å². The van der Waals surface area contributed by atoms with Gasteiger partial charge in [0.1, 0.15) is 0 Å². The number of aliphatic hydroxyl groups excluding tert-OH is 1. The molecule has 0 spiro atoms. The SMILES string of the molecule is CC=C(C(=O)[N]=[W])C(O)=N[N]=[W]. The molecule has 5 nitrogen and oxygen atoms in total. The van der Waals surface area contributed by atoms with E-state index in [-0.39, 0.29) is 11.5 Å². The third kappa shape index (κ3) is 3.50. The van der Waals surface area contributed by atoms with Gasteiger partial charge in [0.15, 0.2) is 0 Å². The zero-order chi connectivity index (χ0) is 9.56. The van der Waals surface area contributed by atoms with Gasteiger partial charge < -0.3 is 0 Å². The standard InChI is InChI=1S/C5H5N3O2.2W/c1-2-3(4(6)9)5(10)8-7;;/h2H,1H3,(H,8,10);;. The van der Waals surface area contributed by atoms with Gasteiger partial charge in [-0.3, -0.25) is 0 Å². The Hall–Kier alpha value is -0.143. The summed E-state index contributed by atoms with van der Waals surface area (Å²) in [6.45, 7) is 1.63. The van der Waals surface area contributed by atoms with Gasteiger partial charge in [0, 0.05) is 0 Å². The number of carbonyl (C=O) groups excluding carboxylic acids is 1. The molecular weight excluding hydrogens is 502 g/mol. The van der Waals surface area contributed by atoms with E-state index in [1.807, 2.05) is 0 Å². The maximum absolute atomic E-state index is 11.0. The zero-order valence-electron chi connectivity index (χ0n) is 6.09. The first-order valence-electron chi connectivity index (χ1n) is 2.81. The van der Waals surface area contributed by atoms with Gasteiger partial charge in [-0.25, -0.2) is 0 Å². The van der Waals surface area contributed by atoms with Gasteiger partial charge in [-0.1, -0.05) is 0 Å². The van der Waals surface area contributed by atoms with Crippen LogP contribution in [0.25, 0.3) is 0 Å². The van der Waals surface area contributed by atoms with E-state index in [9.17, 15) is 4.79 Å². The molecule has 0 aliphatic rings. The Morgan fingerprint density at radius 3 is 2.42 bits per heavy atom. The van der Waals surface area contributed by atoms with Gasteiger partial charge in [-0.05, 0) is 0 Å². The van der Waals surface area contributed by atoms with Crippen molar-refractivity contribution in [2.75, 3.05) is 0 Å². The van der Waals surface area contributed by atoms with E-state index in [2.05, 4.69) is 12.2 Å². The third-order valence-corrected chi connectivity index (χ3v) is 1.87. The van der Waals surface area contributed by atoms with Crippen molar-refractivity contribution in [3.05, 3.63) is 11.6 Å². The van der Waals surface area contributed by atoms with Crippen LogP contribution in [0.15, 0.2) is 23.9 Å². The van der Waals surface area contributed by atoms with Gasteiger partial charge in [0.2, 0.25) is 0 Å². The molecule has 0 aromatic heterocycles. The number of rotatable bonds is 3. The first-order chi connectivity index (χ1) is 5.67. The van der Waals surface area contributed by atoms with E-state index in [0.29, 0.717) is 0 Å². The van der Waals surface area contributed by atoms with Crippen molar-refractivity contribution in [3.8, 4) is 0 Å². The molecule has 0 saturated heterocycles. The van der Waals surface area contributed by atoms with Crippen molar-refractivity contribution < 1.29 is 49.2 Å². The molecule has 0 bridgehead atoms. The summed E-state index contributed by atoms with van der Waals surface area (Å²) in [6, 6.07) is 0.